The average molecular weight is 466 g/mol. The van der Waals surface area contributed by atoms with Gasteiger partial charge in [-0.2, -0.15) is 8.42 Å². The van der Waals surface area contributed by atoms with E-state index in [9.17, 15) is 13.2 Å². The second-order valence-corrected chi connectivity index (χ2v) is 10.5. The number of hydrogen-bond donors (Lipinski definition) is 2. The molecule has 3 rings (SSSR count). The van der Waals surface area contributed by atoms with Crippen molar-refractivity contribution in [1.29, 1.82) is 0 Å². The normalized spacial score (nSPS) is 18.1. The molecular weight excluding hydrogens is 438 g/mol. The zero-order valence-electron chi connectivity index (χ0n) is 17.9. The topological polar surface area (TPSA) is 104 Å². The van der Waals surface area contributed by atoms with Crippen molar-refractivity contribution in [3.05, 3.63) is 41.0 Å². The van der Waals surface area contributed by atoms with Crippen LogP contribution in [0, 0.1) is 12.8 Å². The largest absolute Gasteiger partial charge is 0.370 e. The van der Waals surface area contributed by atoms with Crippen molar-refractivity contribution in [2.75, 3.05) is 23.3 Å². The molecule has 3 heterocycles. The number of carbonyl (C=O) groups excluding carboxylic acids is 1. The van der Waals surface area contributed by atoms with E-state index in [1.54, 1.807) is 16.9 Å². The first-order valence-corrected chi connectivity index (χ1v) is 12.1. The predicted molar refractivity (Wildman–Crippen MR) is 122 cm³/mol. The van der Waals surface area contributed by atoms with Gasteiger partial charge in [0, 0.05) is 18.6 Å². The Labute approximate surface area is 188 Å². The third kappa shape index (κ3) is 5.65. The van der Waals surface area contributed by atoms with Gasteiger partial charge in [-0.3, -0.25) is 9.52 Å². The summed E-state index contributed by atoms with van der Waals surface area (Å²) in [5.41, 5.74) is 1.11. The smallest absolute Gasteiger partial charge is 0.281 e. The zero-order valence-corrected chi connectivity index (χ0v) is 19.5. The molecule has 31 heavy (non-hydrogen) atoms. The molecule has 2 N–H and O–H groups in total. The van der Waals surface area contributed by atoms with Crippen molar-refractivity contribution >= 4 is 39.7 Å². The summed E-state index contributed by atoms with van der Waals surface area (Å²) >= 11 is 6.13. The fraction of sp³-hybridized carbons (Fsp3) is 0.476. The fourth-order valence-corrected chi connectivity index (χ4v) is 4.98. The quantitative estimate of drug-likeness (QED) is 0.332. The molecule has 1 aliphatic heterocycles. The van der Waals surface area contributed by atoms with Gasteiger partial charge in [0.25, 0.3) is 10.0 Å². The molecule has 10 heteroatoms. The third-order valence-electron chi connectivity index (χ3n) is 5.55. The standard InChI is InChI=1S/C21H28ClN5O3S/c1-15-9-10-17(22)25-20(15)27-13-16(12-21(27,2)3)6-5-11-23-18-7-4-8-19(26-18)31(29,30)24-14-28/h4,7-10,14,16H,5-6,11-13H2,1-3H3,(H,23,26)(H,24,28)/t16-/m0/s1. The summed E-state index contributed by atoms with van der Waals surface area (Å²) in [6, 6.07) is 8.46. The number of anilines is 2. The number of nitrogens with zero attached hydrogens (tertiary/aromatic N) is 3. The van der Waals surface area contributed by atoms with Crippen LogP contribution >= 0.6 is 11.6 Å². The van der Waals surface area contributed by atoms with E-state index < -0.39 is 10.0 Å². The Bertz CT molecular complexity index is 1050. The van der Waals surface area contributed by atoms with E-state index in [-0.39, 0.29) is 17.0 Å². The molecule has 2 aromatic rings. The molecule has 1 saturated heterocycles. The van der Waals surface area contributed by atoms with Crippen LogP contribution in [0.4, 0.5) is 11.6 Å². The monoisotopic (exact) mass is 465 g/mol. The molecule has 0 unspecified atom stereocenters. The second kappa shape index (κ2) is 9.40. The van der Waals surface area contributed by atoms with Crippen LogP contribution in [0.3, 0.4) is 0 Å². The lowest BCUT2D eigenvalue weighted by atomic mass is 9.93. The highest BCUT2D eigenvalue weighted by atomic mass is 35.5. The van der Waals surface area contributed by atoms with Gasteiger partial charge < -0.3 is 10.2 Å². The average Bonchev–Trinajstić information content (AvgIpc) is 3.01. The lowest BCUT2D eigenvalue weighted by molar-refractivity contribution is -0.108. The number of hydrogen-bond acceptors (Lipinski definition) is 7. The number of rotatable bonds is 9. The third-order valence-corrected chi connectivity index (χ3v) is 6.94. The highest BCUT2D eigenvalue weighted by Crippen LogP contribution is 2.39. The van der Waals surface area contributed by atoms with Crippen molar-refractivity contribution in [3.63, 3.8) is 0 Å². The summed E-state index contributed by atoms with van der Waals surface area (Å²) < 4.78 is 25.6. The summed E-state index contributed by atoms with van der Waals surface area (Å²) in [4.78, 5) is 21.4. The Hall–Kier alpha value is -2.39. The number of halogens is 1. The zero-order chi connectivity index (χ0) is 22.6. The van der Waals surface area contributed by atoms with Crippen LogP contribution in [0.25, 0.3) is 0 Å². The lowest BCUT2D eigenvalue weighted by Gasteiger charge is -2.33. The number of carbonyl (C=O) groups is 1. The van der Waals surface area contributed by atoms with Gasteiger partial charge in [0.2, 0.25) is 6.41 Å². The lowest BCUT2D eigenvalue weighted by Crippen LogP contribution is -2.39. The van der Waals surface area contributed by atoms with Crippen LogP contribution < -0.4 is 14.9 Å². The molecular formula is C21H28ClN5O3S. The number of nitrogens with one attached hydrogen (secondary N) is 2. The van der Waals surface area contributed by atoms with Gasteiger partial charge in [0.15, 0.2) is 5.03 Å². The molecule has 0 spiro atoms. The van der Waals surface area contributed by atoms with Gasteiger partial charge in [-0.15, -0.1) is 0 Å². The minimum absolute atomic E-state index is 0.00361. The summed E-state index contributed by atoms with van der Waals surface area (Å²) in [6.07, 6.45) is 3.13. The molecule has 0 saturated carbocycles. The van der Waals surface area contributed by atoms with Crippen LogP contribution in [-0.4, -0.2) is 43.4 Å². The Morgan fingerprint density at radius 2 is 2.03 bits per heavy atom. The molecule has 168 valence electrons. The maximum atomic E-state index is 11.9. The van der Waals surface area contributed by atoms with Crippen molar-refractivity contribution in [2.45, 2.75) is 50.6 Å². The molecule has 1 aliphatic rings. The summed E-state index contributed by atoms with van der Waals surface area (Å²) in [5.74, 6) is 1.93. The molecule has 1 amide bonds. The van der Waals surface area contributed by atoms with E-state index in [2.05, 4.69) is 41.0 Å². The summed E-state index contributed by atoms with van der Waals surface area (Å²) in [5, 5.41) is 3.48. The van der Waals surface area contributed by atoms with Crippen molar-refractivity contribution in [2.24, 2.45) is 5.92 Å². The summed E-state index contributed by atoms with van der Waals surface area (Å²) in [6.45, 7) is 8.11. The number of pyridine rings is 2. The Kier molecular flexibility index (Phi) is 7.06. The van der Waals surface area contributed by atoms with E-state index in [0.717, 1.165) is 37.2 Å². The van der Waals surface area contributed by atoms with Gasteiger partial charge in [-0.05, 0) is 69.7 Å². The van der Waals surface area contributed by atoms with Crippen molar-refractivity contribution < 1.29 is 13.2 Å². The molecule has 0 radical (unpaired) electrons. The van der Waals surface area contributed by atoms with E-state index in [1.165, 1.54) is 6.07 Å². The van der Waals surface area contributed by atoms with E-state index >= 15 is 0 Å². The Morgan fingerprint density at radius 1 is 1.26 bits per heavy atom. The highest BCUT2D eigenvalue weighted by Gasteiger charge is 2.39. The van der Waals surface area contributed by atoms with Crippen LogP contribution in [0.5, 0.6) is 0 Å². The first-order chi connectivity index (χ1) is 14.6. The van der Waals surface area contributed by atoms with Gasteiger partial charge in [-0.1, -0.05) is 23.7 Å². The number of aryl methyl sites for hydroxylation is 1. The maximum absolute atomic E-state index is 11.9. The summed E-state index contributed by atoms with van der Waals surface area (Å²) in [7, 11) is -3.92. The number of amides is 1. The van der Waals surface area contributed by atoms with E-state index in [1.807, 2.05) is 12.1 Å². The van der Waals surface area contributed by atoms with Crippen molar-refractivity contribution in [1.82, 2.24) is 14.7 Å². The van der Waals surface area contributed by atoms with E-state index in [0.29, 0.717) is 23.4 Å². The molecule has 8 nitrogen and oxygen atoms in total. The molecule has 0 aliphatic carbocycles. The molecule has 0 bridgehead atoms. The first-order valence-electron chi connectivity index (χ1n) is 10.2. The fourth-order valence-electron chi connectivity index (χ4n) is 4.12. The molecule has 1 atom stereocenters. The Morgan fingerprint density at radius 3 is 2.77 bits per heavy atom. The van der Waals surface area contributed by atoms with E-state index in [4.69, 9.17) is 11.6 Å². The maximum Gasteiger partial charge on any atom is 0.281 e. The number of aromatic nitrogens is 2. The van der Waals surface area contributed by atoms with Gasteiger partial charge >= 0.3 is 0 Å². The molecule has 0 aromatic carbocycles. The minimum Gasteiger partial charge on any atom is -0.370 e. The first kappa shape index (κ1) is 23.3. The van der Waals surface area contributed by atoms with Crippen LogP contribution in [0.1, 0.15) is 38.7 Å². The van der Waals surface area contributed by atoms with Gasteiger partial charge in [-0.25, -0.2) is 9.97 Å². The van der Waals surface area contributed by atoms with Gasteiger partial charge in [0.05, 0.1) is 0 Å². The van der Waals surface area contributed by atoms with Crippen molar-refractivity contribution in [3.8, 4) is 0 Å². The SMILES string of the molecule is Cc1ccc(Cl)nc1N1C[C@@H](CCCNc2cccc(S(=O)(=O)NC=O)n2)CC1(C)C. The highest BCUT2D eigenvalue weighted by molar-refractivity contribution is 7.89. The van der Waals surface area contributed by atoms with Crippen LogP contribution in [0.2, 0.25) is 5.15 Å². The van der Waals surface area contributed by atoms with Gasteiger partial charge in [0.1, 0.15) is 16.8 Å². The van der Waals surface area contributed by atoms with Crippen LogP contribution in [-0.2, 0) is 14.8 Å². The Balaban J connectivity index is 1.55. The predicted octanol–water partition coefficient (Wildman–Crippen LogP) is 3.37. The number of sulfonamides is 1. The molecule has 1 fully saturated rings. The van der Waals surface area contributed by atoms with Crippen LogP contribution in [0.15, 0.2) is 35.4 Å². The minimum atomic E-state index is -3.92. The second-order valence-electron chi connectivity index (χ2n) is 8.44. The molecule has 2 aromatic heterocycles.